The third-order valence-corrected chi connectivity index (χ3v) is 4.31. The molecule has 0 spiro atoms. The van der Waals surface area contributed by atoms with Gasteiger partial charge < -0.3 is 4.90 Å². The Morgan fingerprint density at radius 2 is 1.79 bits per heavy atom. The van der Waals surface area contributed by atoms with Crippen LogP contribution in [0.15, 0.2) is 17.0 Å². The summed E-state index contributed by atoms with van der Waals surface area (Å²) in [5.74, 6) is -0.387. The van der Waals surface area contributed by atoms with Crippen molar-refractivity contribution >= 4 is 39.1 Å². The van der Waals surface area contributed by atoms with E-state index < -0.39 is 10.0 Å². The van der Waals surface area contributed by atoms with Crippen LogP contribution in [0.5, 0.6) is 0 Å². The molecule has 2 N–H and O–H groups in total. The van der Waals surface area contributed by atoms with Crippen LogP contribution < -0.4 is 5.14 Å². The summed E-state index contributed by atoms with van der Waals surface area (Å²) in [4.78, 5) is 13.5. The molecule has 19 heavy (non-hydrogen) atoms. The van der Waals surface area contributed by atoms with Crippen LogP contribution in [0, 0.1) is 0 Å². The minimum Gasteiger partial charge on any atom is -0.339 e. The first-order valence-corrected chi connectivity index (χ1v) is 7.83. The summed E-state index contributed by atoms with van der Waals surface area (Å²) in [6, 6.07) is 2.27. The normalized spacial score (nSPS) is 11.4. The number of benzene rings is 1. The second-order valence-corrected chi connectivity index (χ2v) is 6.14. The van der Waals surface area contributed by atoms with Gasteiger partial charge in [0.2, 0.25) is 10.0 Å². The van der Waals surface area contributed by atoms with Crippen LogP contribution in [0.25, 0.3) is 0 Å². The van der Waals surface area contributed by atoms with E-state index >= 15 is 0 Å². The summed E-state index contributed by atoms with van der Waals surface area (Å²) < 4.78 is 22.7. The highest BCUT2D eigenvalue weighted by molar-refractivity contribution is 7.89. The largest absolute Gasteiger partial charge is 0.339 e. The fourth-order valence-corrected chi connectivity index (χ4v) is 2.60. The van der Waals surface area contributed by atoms with Crippen molar-refractivity contribution < 1.29 is 13.2 Å². The van der Waals surface area contributed by atoms with Crippen LogP contribution in [-0.2, 0) is 10.0 Å². The van der Waals surface area contributed by atoms with E-state index in [1.807, 2.05) is 0 Å². The van der Waals surface area contributed by atoms with E-state index in [1.54, 1.807) is 13.8 Å². The Hall–Kier alpha value is -0.820. The zero-order valence-electron chi connectivity index (χ0n) is 10.5. The van der Waals surface area contributed by atoms with Crippen molar-refractivity contribution in [2.75, 3.05) is 13.1 Å². The van der Waals surface area contributed by atoms with Crippen LogP contribution >= 0.6 is 23.2 Å². The second-order valence-electron chi connectivity index (χ2n) is 3.79. The minimum atomic E-state index is -3.95. The van der Waals surface area contributed by atoms with Gasteiger partial charge in [0.25, 0.3) is 5.91 Å². The zero-order valence-corrected chi connectivity index (χ0v) is 12.8. The van der Waals surface area contributed by atoms with Crippen LogP contribution in [0.4, 0.5) is 0 Å². The maximum absolute atomic E-state index is 12.2. The molecule has 8 heteroatoms. The number of nitrogens with zero attached hydrogens (tertiary/aromatic N) is 1. The van der Waals surface area contributed by atoms with Gasteiger partial charge in [-0.1, -0.05) is 23.2 Å². The van der Waals surface area contributed by atoms with E-state index in [4.69, 9.17) is 28.3 Å². The first-order chi connectivity index (χ1) is 8.72. The van der Waals surface area contributed by atoms with E-state index in [2.05, 4.69) is 0 Å². The molecule has 0 bridgehead atoms. The van der Waals surface area contributed by atoms with Gasteiger partial charge in [-0.2, -0.15) is 0 Å². The molecule has 0 aliphatic rings. The smallest absolute Gasteiger partial charge is 0.255 e. The molecule has 0 aliphatic heterocycles. The van der Waals surface area contributed by atoms with Gasteiger partial charge in [-0.25, -0.2) is 13.6 Å². The average Bonchev–Trinajstić information content (AvgIpc) is 2.32. The molecule has 0 radical (unpaired) electrons. The first-order valence-electron chi connectivity index (χ1n) is 5.53. The van der Waals surface area contributed by atoms with E-state index in [0.717, 1.165) is 12.1 Å². The second kappa shape index (κ2) is 6.09. The van der Waals surface area contributed by atoms with Gasteiger partial charge in [-0.3, -0.25) is 4.79 Å². The molecule has 5 nitrogen and oxygen atoms in total. The topological polar surface area (TPSA) is 80.5 Å². The van der Waals surface area contributed by atoms with E-state index in [-0.39, 0.29) is 26.4 Å². The van der Waals surface area contributed by atoms with Gasteiger partial charge >= 0.3 is 0 Å². The highest BCUT2D eigenvalue weighted by Crippen LogP contribution is 2.30. The van der Waals surface area contributed by atoms with Crippen molar-refractivity contribution in [2.45, 2.75) is 18.7 Å². The number of rotatable bonds is 4. The van der Waals surface area contributed by atoms with Crippen molar-refractivity contribution in [1.29, 1.82) is 0 Å². The molecule has 106 valence electrons. The van der Waals surface area contributed by atoms with E-state index in [9.17, 15) is 13.2 Å². The Kier molecular flexibility index (Phi) is 5.20. The molecule has 0 heterocycles. The molecule has 0 saturated carbocycles. The standard InChI is InChI=1S/C11H14Cl2N2O3S/c1-3-15(4-2)11(16)8-5-7(19(14,17)18)6-9(12)10(8)13/h5-6H,3-4H2,1-2H3,(H2,14,17,18). The fraction of sp³-hybridized carbons (Fsp3) is 0.364. The van der Waals surface area contributed by atoms with Gasteiger partial charge in [0.15, 0.2) is 0 Å². The summed E-state index contributed by atoms with van der Waals surface area (Å²) in [6.45, 7) is 4.56. The lowest BCUT2D eigenvalue weighted by Crippen LogP contribution is -2.31. The van der Waals surface area contributed by atoms with Crippen molar-refractivity contribution in [1.82, 2.24) is 4.90 Å². The lowest BCUT2D eigenvalue weighted by Gasteiger charge is -2.20. The molecule has 0 saturated heterocycles. The van der Waals surface area contributed by atoms with Crippen molar-refractivity contribution in [3.63, 3.8) is 0 Å². The van der Waals surface area contributed by atoms with Crippen molar-refractivity contribution in [3.05, 3.63) is 27.7 Å². The molecule has 0 aromatic heterocycles. The Morgan fingerprint density at radius 3 is 2.21 bits per heavy atom. The molecular weight excluding hydrogens is 311 g/mol. The first kappa shape index (κ1) is 16.2. The molecular formula is C11H14Cl2N2O3S. The highest BCUT2D eigenvalue weighted by Gasteiger charge is 2.21. The predicted molar refractivity (Wildman–Crippen MR) is 75.1 cm³/mol. The Labute approximate surface area is 122 Å². The Bertz CT molecular complexity index is 598. The molecule has 0 unspecified atom stereocenters. The highest BCUT2D eigenvalue weighted by atomic mass is 35.5. The SMILES string of the molecule is CCN(CC)C(=O)c1cc(S(N)(=O)=O)cc(Cl)c1Cl. The molecule has 1 aromatic rings. The Morgan fingerprint density at radius 1 is 1.26 bits per heavy atom. The minimum absolute atomic E-state index is 0.0194. The monoisotopic (exact) mass is 324 g/mol. The maximum atomic E-state index is 12.2. The third-order valence-electron chi connectivity index (χ3n) is 2.61. The van der Waals surface area contributed by atoms with Gasteiger partial charge in [-0.15, -0.1) is 0 Å². The lowest BCUT2D eigenvalue weighted by molar-refractivity contribution is 0.0773. The number of carbonyl (C=O) groups is 1. The van der Waals surface area contributed by atoms with Crippen LogP contribution in [0.3, 0.4) is 0 Å². The predicted octanol–water partition coefficient (Wildman–Crippen LogP) is 2.12. The number of amides is 1. The number of hydrogen-bond acceptors (Lipinski definition) is 3. The number of carbonyl (C=O) groups excluding carboxylic acids is 1. The maximum Gasteiger partial charge on any atom is 0.255 e. The lowest BCUT2D eigenvalue weighted by atomic mass is 10.2. The molecule has 1 aromatic carbocycles. The van der Waals surface area contributed by atoms with E-state index in [1.165, 1.54) is 4.90 Å². The van der Waals surface area contributed by atoms with Crippen molar-refractivity contribution in [2.24, 2.45) is 5.14 Å². The third kappa shape index (κ3) is 3.60. The summed E-state index contributed by atoms with van der Waals surface area (Å²) in [5, 5.41) is 5.03. The van der Waals surface area contributed by atoms with Crippen molar-refractivity contribution in [3.8, 4) is 0 Å². The number of nitrogens with two attached hydrogens (primary N) is 1. The number of sulfonamides is 1. The number of halogens is 2. The summed E-state index contributed by atoms with van der Waals surface area (Å²) in [7, 11) is -3.95. The van der Waals surface area contributed by atoms with Gasteiger partial charge in [0, 0.05) is 13.1 Å². The summed E-state index contributed by atoms with van der Waals surface area (Å²) in [6.07, 6.45) is 0. The average molecular weight is 325 g/mol. The Balaban J connectivity index is 3.43. The van der Waals surface area contributed by atoms with Crippen LogP contribution in [0.1, 0.15) is 24.2 Å². The molecule has 0 atom stereocenters. The molecule has 0 aliphatic carbocycles. The van der Waals surface area contributed by atoms with Crippen LogP contribution in [0.2, 0.25) is 10.0 Å². The van der Waals surface area contributed by atoms with Gasteiger partial charge in [0.1, 0.15) is 0 Å². The quantitative estimate of drug-likeness (QED) is 0.921. The summed E-state index contributed by atoms with van der Waals surface area (Å²) in [5.41, 5.74) is 0.0295. The number of primary sulfonamides is 1. The molecule has 1 amide bonds. The summed E-state index contributed by atoms with van der Waals surface area (Å²) >= 11 is 11.8. The molecule has 0 fully saturated rings. The zero-order chi connectivity index (χ0) is 14.8. The fourth-order valence-electron chi connectivity index (χ4n) is 1.57. The number of hydrogen-bond donors (Lipinski definition) is 1. The van der Waals surface area contributed by atoms with Crippen LogP contribution in [-0.4, -0.2) is 32.3 Å². The van der Waals surface area contributed by atoms with Gasteiger partial charge in [0.05, 0.1) is 20.5 Å². The molecule has 1 rings (SSSR count). The van der Waals surface area contributed by atoms with E-state index in [0.29, 0.717) is 13.1 Å². The van der Waals surface area contributed by atoms with Gasteiger partial charge in [-0.05, 0) is 26.0 Å².